The molecule has 0 radical (unpaired) electrons. The van der Waals surface area contributed by atoms with E-state index >= 15 is 0 Å². The minimum absolute atomic E-state index is 0.00939. The van der Waals surface area contributed by atoms with Crippen LogP contribution < -0.4 is 16.0 Å². The fraction of sp³-hybridized carbons (Fsp3) is 0.121. The Bertz CT molecular complexity index is 1570. The molecule has 4 rings (SSSR count). The first-order chi connectivity index (χ1) is 19.7. The average molecular weight is 568 g/mol. The molecule has 6 nitrogen and oxygen atoms in total. The summed E-state index contributed by atoms with van der Waals surface area (Å²) < 4.78 is 13.4. The molecule has 0 aromatic heterocycles. The molecule has 0 fully saturated rings. The summed E-state index contributed by atoms with van der Waals surface area (Å²) in [5.74, 6) is -1.55. The quantitative estimate of drug-likeness (QED) is 0.151. The van der Waals surface area contributed by atoms with Crippen LogP contribution in [0.15, 0.2) is 108 Å². The maximum Gasteiger partial charge on any atom is 0.272 e. The summed E-state index contributed by atoms with van der Waals surface area (Å²) in [4.78, 5) is 39.9. The number of rotatable bonds is 9. The molecule has 208 valence electrons. The first-order valence-corrected chi connectivity index (χ1v) is 13.9. The fourth-order valence-electron chi connectivity index (χ4n) is 4.01. The summed E-state index contributed by atoms with van der Waals surface area (Å²) in [6.45, 7) is 5.72. The molecule has 0 aliphatic heterocycles. The topological polar surface area (TPSA) is 87.3 Å². The fourth-order valence-corrected chi connectivity index (χ4v) is 4.93. The highest BCUT2D eigenvalue weighted by Gasteiger charge is 2.18. The van der Waals surface area contributed by atoms with Crippen LogP contribution in [-0.2, 0) is 9.59 Å². The Morgan fingerprint density at radius 1 is 0.805 bits per heavy atom. The second-order valence-electron chi connectivity index (χ2n) is 9.43. The number of halogens is 1. The number of carbonyl (C=O) groups excluding carboxylic acids is 3. The summed E-state index contributed by atoms with van der Waals surface area (Å²) >= 11 is 1.36. The molecule has 0 bridgehead atoms. The van der Waals surface area contributed by atoms with Gasteiger partial charge in [0.15, 0.2) is 0 Å². The molecule has 3 N–H and O–H groups in total. The van der Waals surface area contributed by atoms with Crippen LogP contribution in [0.25, 0.3) is 6.08 Å². The smallest absolute Gasteiger partial charge is 0.272 e. The molecule has 1 unspecified atom stereocenters. The van der Waals surface area contributed by atoms with E-state index in [9.17, 15) is 18.8 Å². The standard InChI is InChI=1S/C33H30FN3O3S/c1-21-9-7-10-22(2)30(21)37-31(38)23(3)41-28-14-8-13-27(20-28)35-33(40)29(19-24-15-17-26(34)18-16-24)36-32(39)25-11-5-4-6-12-25/h4-20,23H,1-3H3,(H,35,40)(H,36,39)(H,37,38)/b29-19+. The predicted octanol–water partition coefficient (Wildman–Crippen LogP) is 6.97. The van der Waals surface area contributed by atoms with Crippen LogP contribution in [-0.4, -0.2) is 23.0 Å². The minimum Gasteiger partial charge on any atom is -0.325 e. The lowest BCUT2D eigenvalue weighted by molar-refractivity contribution is -0.115. The van der Waals surface area contributed by atoms with E-state index in [2.05, 4.69) is 16.0 Å². The van der Waals surface area contributed by atoms with Gasteiger partial charge in [-0.3, -0.25) is 14.4 Å². The van der Waals surface area contributed by atoms with Crippen molar-refractivity contribution in [1.29, 1.82) is 0 Å². The summed E-state index contributed by atoms with van der Waals surface area (Å²) in [6.07, 6.45) is 1.48. The molecule has 0 heterocycles. The van der Waals surface area contributed by atoms with Gasteiger partial charge in [0.1, 0.15) is 11.5 Å². The number of hydrogen-bond donors (Lipinski definition) is 3. The molecule has 3 amide bonds. The molecule has 8 heteroatoms. The van der Waals surface area contributed by atoms with Crippen LogP contribution in [0.2, 0.25) is 0 Å². The molecule has 0 aliphatic rings. The molecule has 4 aromatic carbocycles. The summed E-state index contributed by atoms with van der Waals surface area (Å²) in [5, 5.41) is 8.10. The first kappa shape index (κ1) is 29.3. The maximum absolute atomic E-state index is 13.4. The Hall–Kier alpha value is -4.69. The van der Waals surface area contributed by atoms with E-state index in [4.69, 9.17) is 0 Å². The van der Waals surface area contributed by atoms with E-state index in [0.717, 1.165) is 21.7 Å². The zero-order chi connectivity index (χ0) is 29.4. The highest BCUT2D eigenvalue weighted by molar-refractivity contribution is 8.00. The van der Waals surface area contributed by atoms with Crippen molar-refractivity contribution >= 4 is 46.9 Å². The molecule has 1 atom stereocenters. The van der Waals surface area contributed by atoms with Gasteiger partial charge in [0, 0.05) is 21.8 Å². The second-order valence-corrected chi connectivity index (χ2v) is 10.8. The van der Waals surface area contributed by atoms with Gasteiger partial charge in [0.2, 0.25) is 5.91 Å². The van der Waals surface area contributed by atoms with E-state index < -0.39 is 22.9 Å². The number of nitrogens with one attached hydrogen (secondary N) is 3. The molecule has 0 saturated carbocycles. The minimum atomic E-state index is -0.554. The van der Waals surface area contributed by atoms with Crippen LogP contribution in [0, 0.1) is 19.7 Å². The molecule has 0 saturated heterocycles. The van der Waals surface area contributed by atoms with Crippen molar-refractivity contribution in [3.05, 3.63) is 131 Å². The Morgan fingerprint density at radius 2 is 1.46 bits per heavy atom. The second kappa shape index (κ2) is 13.6. The maximum atomic E-state index is 13.4. The lowest BCUT2D eigenvalue weighted by Crippen LogP contribution is -2.30. The third-order valence-corrected chi connectivity index (χ3v) is 7.31. The van der Waals surface area contributed by atoms with Gasteiger partial charge in [0.05, 0.1) is 5.25 Å². The van der Waals surface area contributed by atoms with Gasteiger partial charge < -0.3 is 16.0 Å². The Morgan fingerprint density at radius 3 is 2.15 bits per heavy atom. The summed E-state index contributed by atoms with van der Waals surface area (Å²) in [6, 6.07) is 27.1. The van der Waals surface area contributed by atoms with Crippen LogP contribution in [0.3, 0.4) is 0 Å². The van der Waals surface area contributed by atoms with Gasteiger partial charge in [-0.1, -0.05) is 54.6 Å². The molecule has 4 aromatic rings. The van der Waals surface area contributed by atoms with Crippen molar-refractivity contribution in [2.24, 2.45) is 0 Å². The first-order valence-electron chi connectivity index (χ1n) is 13.0. The van der Waals surface area contributed by atoms with Gasteiger partial charge in [-0.05, 0) is 86.0 Å². The van der Waals surface area contributed by atoms with Crippen molar-refractivity contribution in [2.75, 3.05) is 10.6 Å². The Balaban J connectivity index is 1.48. The third kappa shape index (κ3) is 8.16. The number of benzene rings is 4. The Labute approximate surface area is 243 Å². The van der Waals surface area contributed by atoms with E-state index in [1.54, 1.807) is 48.5 Å². The van der Waals surface area contributed by atoms with Crippen LogP contribution in [0.4, 0.5) is 15.8 Å². The number of aryl methyl sites for hydroxylation is 2. The lowest BCUT2D eigenvalue weighted by Gasteiger charge is -2.16. The van der Waals surface area contributed by atoms with E-state index in [0.29, 0.717) is 16.8 Å². The molecule has 0 aliphatic carbocycles. The Kier molecular flexibility index (Phi) is 9.71. The van der Waals surface area contributed by atoms with Crippen molar-refractivity contribution in [3.63, 3.8) is 0 Å². The van der Waals surface area contributed by atoms with Crippen LogP contribution in [0.1, 0.15) is 34.0 Å². The zero-order valence-electron chi connectivity index (χ0n) is 22.9. The van der Waals surface area contributed by atoms with Crippen molar-refractivity contribution < 1.29 is 18.8 Å². The van der Waals surface area contributed by atoms with Crippen LogP contribution in [0.5, 0.6) is 0 Å². The van der Waals surface area contributed by atoms with Gasteiger partial charge >= 0.3 is 0 Å². The van der Waals surface area contributed by atoms with Gasteiger partial charge in [-0.15, -0.1) is 11.8 Å². The normalized spacial score (nSPS) is 11.9. The highest BCUT2D eigenvalue weighted by Crippen LogP contribution is 2.28. The monoisotopic (exact) mass is 567 g/mol. The number of amides is 3. The number of thioether (sulfide) groups is 1. The molecule has 41 heavy (non-hydrogen) atoms. The van der Waals surface area contributed by atoms with Crippen molar-refractivity contribution in [3.8, 4) is 0 Å². The molecular weight excluding hydrogens is 537 g/mol. The SMILES string of the molecule is Cc1cccc(C)c1NC(=O)C(C)Sc1cccc(NC(=O)/C(=C\c2ccc(F)cc2)NC(=O)c2ccccc2)c1. The van der Waals surface area contributed by atoms with E-state index in [1.807, 2.05) is 45.0 Å². The predicted molar refractivity (Wildman–Crippen MR) is 163 cm³/mol. The zero-order valence-corrected chi connectivity index (χ0v) is 23.7. The third-order valence-electron chi connectivity index (χ3n) is 6.21. The number of carbonyl (C=O) groups is 3. The van der Waals surface area contributed by atoms with Gasteiger partial charge in [-0.2, -0.15) is 0 Å². The lowest BCUT2D eigenvalue weighted by atomic mass is 10.1. The van der Waals surface area contributed by atoms with E-state index in [-0.39, 0.29) is 11.6 Å². The average Bonchev–Trinajstić information content (AvgIpc) is 2.96. The number of hydrogen-bond acceptors (Lipinski definition) is 4. The molecular formula is C33H30FN3O3S. The molecule has 0 spiro atoms. The number of para-hydroxylation sites is 1. The largest absolute Gasteiger partial charge is 0.325 e. The van der Waals surface area contributed by atoms with Crippen molar-refractivity contribution in [2.45, 2.75) is 30.9 Å². The van der Waals surface area contributed by atoms with Crippen LogP contribution >= 0.6 is 11.8 Å². The van der Waals surface area contributed by atoms with Crippen molar-refractivity contribution in [1.82, 2.24) is 5.32 Å². The number of anilines is 2. The highest BCUT2D eigenvalue weighted by atomic mass is 32.2. The van der Waals surface area contributed by atoms with Gasteiger partial charge in [-0.25, -0.2) is 4.39 Å². The summed E-state index contributed by atoms with van der Waals surface area (Å²) in [7, 11) is 0. The summed E-state index contributed by atoms with van der Waals surface area (Å²) in [5.41, 5.74) is 4.19. The van der Waals surface area contributed by atoms with Gasteiger partial charge in [0.25, 0.3) is 11.8 Å². The van der Waals surface area contributed by atoms with E-state index in [1.165, 1.54) is 42.1 Å².